The monoisotopic (exact) mass is 341 g/mol. The Morgan fingerprint density at radius 1 is 1.30 bits per heavy atom. The molecule has 0 saturated carbocycles. The van der Waals surface area contributed by atoms with Gasteiger partial charge in [-0.3, -0.25) is 10.1 Å². The SMILES string of the molecule is CC(C)(C)c1nnc(NC(=O)NCC2(C(N)=O)CCOCC2)s1. The lowest BCUT2D eigenvalue weighted by Crippen LogP contribution is -2.50. The molecule has 1 aliphatic heterocycles. The third kappa shape index (κ3) is 4.38. The van der Waals surface area contributed by atoms with E-state index < -0.39 is 17.4 Å². The molecule has 1 aromatic rings. The molecule has 0 radical (unpaired) electrons. The minimum Gasteiger partial charge on any atom is -0.381 e. The molecule has 0 spiro atoms. The van der Waals surface area contributed by atoms with Crippen LogP contribution < -0.4 is 16.4 Å². The van der Waals surface area contributed by atoms with Gasteiger partial charge in [-0.15, -0.1) is 10.2 Å². The lowest BCUT2D eigenvalue weighted by molar-refractivity contribution is -0.132. The normalized spacial score (nSPS) is 17.5. The van der Waals surface area contributed by atoms with Crippen molar-refractivity contribution in [2.45, 2.75) is 39.0 Å². The van der Waals surface area contributed by atoms with Gasteiger partial charge >= 0.3 is 6.03 Å². The van der Waals surface area contributed by atoms with Gasteiger partial charge in [0.25, 0.3) is 0 Å². The van der Waals surface area contributed by atoms with Crippen molar-refractivity contribution in [3.8, 4) is 0 Å². The van der Waals surface area contributed by atoms with Crippen LogP contribution in [0, 0.1) is 5.41 Å². The maximum absolute atomic E-state index is 12.0. The minimum atomic E-state index is -0.743. The smallest absolute Gasteiger partial charge is 0.321 e. The molecule has 2 heterocycles. The van der Waals surface area contributed by atoms with E-state index in [1.807, 2.05) is 20.8 Å². The van der Waals surface area contributed by atoms with Gasteiger partial charge in [0.15, 0.2) is 0 Å². The van der Waals surface area contributed by atoms with Crippen LogP contribution in [0.2, 0.25) is 0 Å². The predicted octanol–water partition coefficient (Wildman–Crippen LogP) is 1.24. The molecule has 0 unspecified atom stereocenters. The fourth-order valence-corrected chi connectivity index (χ4v) is 3.04. The standard InChI is InChI=1S/C14H23N5O3S/c1-13(2,3)10-18-19-12(23-10)17-11(21)16-8-14(9(15)20)4-6-22-7-5-14/h4-8H2,1-3H3,(H2,15,20)(H2,16,17,19,21). The zero-order valence-corrected chi connectivity index (χ0v) is 14.5. The zero-order valence-electron chi connectivity index (χ0n) is 13.6. The van der Waals surface area contributed by atoms with Gasteiger partial charge in [0, 0.05) is 25.2 Å². The van der Waals surface area contributed by atoms with Crippen LogP contribution in [0.1, 0.15) is 38.6 Å². The zero-order chi connectivity index (χ0) is 17.1. The van der Waals surface area contributed by atoms with Crippen molar-refractivity contribution >= 4 is 28.4 Å². The summed E-state index contributed by atoms with van der Waals surface area (Å²) in [5, 5.41) is 14.6. The van der Waals surface area contributed by atoms with Crippen molar-refractivity contribution < 1.29 is 14.3 Å². The lowest BCUT2D eigenvalue weighted by atomic mass is 9.79. The van der Waals surface area contributed by atoms with Crippen molar-refractivity contribution in [2.24, 2.45) is 11.1 Å². The number of nitrogens with one attached hydrogen (secondary N) is 2. The molecule has 3 amide bonds. The van der Waals surface area contributed by atoms with Crippen molar-refractivity contribution in [1.29, 1.82) is 0 Å². The highest BCUT2D eigenvalue weighted by Crippen LogP contribution is 2.30. The van der Waals surface area contributed by atoms with Gasteiger partial charge in [-0.1, -0.05) is 32.1 Å². The minimum absolute atomic E-state index is 0.119. The van der Waals surface area contributed by atoms with Crippen LogP contribution in [0.3, 0.4) is 0 Å². The number of urea groups is 1. The summed E-state index contributed by atoms with van der Waals surface area (Å²) in [6.07, 6.45) is 1.02. The Morgan fingerprint density at radius 2 is 1.96 bits per heavy atom. The van der Waals surface area contributed by atoms with Crippen LogP contribution >= 0.6 is 11.3 Å². The summed E-state index contributed by atoms with van der Waals surface area (Å²) < 4.78 is 5.26. The molecule has 1 fully saturated rings. The highest BCUT2D eigenvalue weighted by Gasteiger charge is 2.38. The number of rotatable bonds is 4. The van der Waals surface area contributed by atoms with E-state index in [1.165, 1.54) is 11.3 Å². The second-order valence-electron chi connectivity index (χ2n) is 6.73. The first-order valence-corrected chi connectivity index (χ1v) is 8.31. The first-order valence-electron chi connectivity index (χ1n) is 7.49. The molecule has 9 heteroatoms. The number of anilines is 1. The van der Waals surface area contributed by atoms with Gasteiger partial charge in [0.2, 0.25) is 11.0 Å². The van der Waals surface area contributed by atoms with Crippen molar-refractivity contribution in [1.82, 2.24) is 15.5 Å². The van der Waals surface area contributed by atoms with E-state index in [4.69, 9.17) is 10.5 Å². The molecular formula is C14H23N5O3S. The number of nitrogens with zero attached hydrogens (tertiary/aromatic N) is 2. The maximum atomic E-state index is 12.0. The Morgan fingerprint density at radius 3 is 2.48 bits per heavy atom. The van der Waals surface area contributed by atoms with E-state index in [9.17, 15) is 9.59 Å². The molecule has 2 rings (SSSR count). The largest absolute Gasteiger partial charge is 0.381 e. The van der Waals surface area contributed by atoms with Crippen LogP contribution in [0.4, 0.5) is 9.93 Å². The molecule has 0 aliphatic carbocycles. The van der Waals surface area contributed by atoms with Gasteiger partial charge in [-0.25, -0.2) is 4.79 Å². The summed E-state index contributed by atoms with van der Waals surface area (Å²) in [5.74, 6) is -0.410. The second-order valence-corrected chi connectivity index (χ2v) is 7.70. The summed E-state index contributed by atoms with van der Waals surface area (Å²) in [6, 6.07) is -0.422. The van der Waals surface area contributed by atoms with Gasteiger partial charge in [-0.2, -0.15) is 0 Å². The number of amides is 3. The topological polar surface area (TPSA) is 119 Å². The van der Waals surface area contributed by atoms with E-state index in [0.29, 0.717) is 31.2 Å². The number of hydrogen-bond donors (Lipinski definition) is 3. The van der Waals surface area contributed by atoms with Crippen LogP contribution in [0.25, 0.3) is 0 Å². The van der Waals surface area contributed by atoms with Gasteiger partial charge in [0.05, 0.1) is 5.41 Å². The van der Waals surface area contributed by atoms with E-state index in [0.717, 1.165) is 5.01 Å². The number of aromatic nitrogens is 2. The Bertz CT molecular complexity index is 575. The van der Waals surface area contributed by atoms with Gasteiger partial charge in [-0.05, 0) is 12.8 Å². The number of carbonyl (C=O) groups excluding carboxylic acids is 2. The molecular weight excluding hydrogens is 318 g/mol. The number of carbonyl (C=O) groups is 2. The van der Waals surface area contributed by atoms with E-state index in [-0.39, 0.29) is 12.0 Å². The van der Waals surface area contributed by atoms with Crippen LogP contribution in [0.5, 0.6) is 0 Å². The molecule has 8 nitrogen and oxygen atoms in total. The average molecular weight is 341 g/mol. The summed E-state index contributed by atoms with van der Waals surface area (Å²) in [4.78, 5) is 23.7. The Hall–Kier alpha value is -1.74. The third-order valence-corrected chi connectivity index (χ3v) is 5.11. The summed E-state index contributed by atoms with van der Waals surface area (Å²) in [6.45, 7) is 7.20. The van der Waals surface area contributed by atoms with Crippen LogP contribution in [0.15, 0.2) is 0 Å². The molecule has 23 heavy (non-hydrogen) atoms. The molecule has 1 saturated heterocycles. The average Bonchev–Trinajstić information content (AvgIpc) is 2.94. The highest BCUT2D eigenvalue weighted by molar-refractivity contribution is 7.15. The molecule has 128 valence electrons. The van der Waals surface area contributed by atoms with Gasteiger partial charge < -0.3 is 15.8 Å². The first kappa shape index (κ1) is 17.6. The number of nitrogens with two attached hydrogens (primary N) is 1. The van der Waals surface area contributed by atoms with Crippen LogP contribution in [-0.4, -0.2) is 41.9 Å². The van der Waals surface area contributed by atoms with E-state index in [1.54, 1.807) is 0 Å². The number of primary amides is 1. The Kier molecular flexibility index (Phi) is 5.20. The first-order chi connectivity index (χ1) is 10.7. The van der Waals surface area contributed by atoms with Crippen molar-refractivity contribution in [3.63, 3.8) is 0 Å². The lowest BCUT2D eigenvalue weighted by Gasteiger charge is -2.34. The molecule has 4 N–H and O–H groups in total. The van der Waals surface area contributed by atoms with Crippen molar-refractivity contribution in [2.75, 3.05) is 25.1 Å². The summed E-state index contributed by atoms with van der Waals surface area (Å²) in [5.41, 5.74) is 4.64. The summed E-state index contributed by atoms with van der Waals surface area (Å²) in [7, 11) is 0. The Labute approximate surface area is 139 Å². The quantitative estimate of drug-likeness (QED) is 0.761. The highest BCUT2D eigenvalue weighted by atomic mass is 32.1. The summed E-state index contributed by atoms with van der Waals surface area (Å²) >= 11 is 1.33. The third-order valence-electron chi connectivity index (χ3n) is 3.85. The second kappa shape index (κ2) is 6.79. The van der Waals surface area contributed by atoms with E-state index in [2.05, 4.69) is 20.8 Å². The maximum Gasteiger partial charge on any atom is 0.321 e. The fourth-order valence-electron chi connectivity index (χ4n) is 2.24. The Balaban J connectivity index is 1.91. The predicted molar refractivity (Wildman–Crippen MR) is 87.3 cm³/mol. The molecule has 1 aromatic heterocycles. The van der Waals surface area contributed by atoms with Crippen molar-refractivity contribution in [3.05, 3.63) is 5.01 Å². The van der Waals surface area contributed by atoms with Crippen LogP contribution in [-0.2, 0) is 14.9 Å². The fraction of sp³-hybridized carbons (Fsp3) is 0.714. The molecule has 0 atom stereocenters. The number of ether oxygens (including phenoxy) is 1. The molecule has 0 bridgehead atoms. The van der Waals surface area contributed by atoms with Gasteiger partial charge in [0.1, 0.15) is 5.01 Å². The number of hydrogen-bond acceptors (Lipinski definition) is 6. The molecule has 1 aliphatic rings. The van der Waals surface area contributed by atoms with E-state index >= 15 is 0 Å². The molecule has 0 aromatic carbocycles.